The van der Waals surface area contributed by atoms with Crippen LogP contribution in [0.4, 0.5) is 8.78 Å². The Morgan fingerprint density at radius 3 is 2.40 bits per heavy atom. The molecule has 3 rings (SSSR count). The van der Waals surface area contributed by atoms with E-state index in [2.05, 4.69) is 26.9 Å². The van der Waals surface area contributed by atoms with Crippen LogP contribution in [0.1, 0.15) is 24.0 Å². The second-order valence-corrected chi connectivity index (χ2v) is 7.34. The molecule has 1 saturated heterocycles. The zero-order valence-electron chi connectivity index (χ0n) is 14.1. The van der Waals surface area contributed by atoms with Crippen molar-refractivity contribution >= 4 is 15.9 Å². The largest absolute Gasteiger partial charge is 0.488 e. The molecule has 0 aliphatic carbocycles. The lowest BCUT2D eigenvalue weighted by molar-refractivity contribution is -0.0548. The normalized spacial score (nSPS) is 17.4. The zero-order chi connectivity index (χ0) is 17.7. The molecular weight excluding hydrogens is 388 g/mol. The van der Waals surface area contributed by atoms with Gasteiger partial charge < -0.3 is 9.64 Å². The molecule has 0 bridgehead atoms. The van der Waals surface area contributed by atoms with E-state index in [1.807, 2.05) is 42.5 Å². The average Bonchev–Trinajstić information content (AvgIpc) is 2.61. The van der Waals surface area contributed by atoms with Crippen LogP contribution in [0.3, 0.4) is 0 Å². The number of hydrogen-bond acceptors (Lipinski definition) is 2. The molecule has 25 heavy (non-hydrogen) atoms. The van der Waals surface area contributed by atoms with Crippen molar-refractivity contribution in [3.05, 3.63) is 64.1 Å². The second kappa shape index (κ2) is 8.28. The molecule has 1 fully saturated rings. The standard InChI is InChI=1S/C20H22BrF2NO/c21-18-14-16(8-11-24-12-9-20(22,23)10-13-24)6-7-19(18)25-15-17-4-2-1-3-5-17/h1-7,14H,8-13,15H2. The van der Waals surface area contributed by atoms with E-state index in [9.17, 15) is 8.78 Å². The Kier molecular flexibility index (Phi) is 6.07. The summed E-state index contributed by atoms with van der Waals surface area (Å²) in [6, 6.07) is 16.1. The Morgan fingerprint density at radius 2 is 1.72 bits per heavy atom. The number of hydrogen-bond donors (Lipinski definition) is 0. The van der Waals surface area contributed by atoms with Crippen molar-refractivity contribution in [2.75, 3.05) is 19.6 Å². The highest BCUT2D eigenvalue weighted by Crippen LogP contribution is 2.29. The summed E-state index contributed by atoms with van der Waals surface area (Å²) in [6.45, 7) is 2.30. The number of alkyl halides is 2. The van der Waals surface area contributed by atoms with Gasteiger partial charge in [-0.1, -0.05) is 36.4 Å². The van der Waals surface area contributed by atoms with Crippen molar-refractivity contribution in [3.8, 4) is 5.75 Å². The van der Waals surface area contributed by atoms with Gasteiger partial charge in [0.15, 0.2) is 0 Å². The van der Waals surface area contributed by atoms with Crippen LogP contribution >= 0.6 is 15.9 Å². The van der Waals surface area contributed by atoms with E-state index >= 15 is 0 Å². The fraction of sp³-hybridized carbons (Fsp3) is 0.400. The Morgan fingerprint density at radius 1 is 1.00 bits per heavy atom. The van der Waals surface area contributed by atoms with Crippen molar-refractivity contribution < 1.29 is 13.5 Å². The molecular formula is C20H22BrF2NO. The maximum atomic E-state index is 13.2. The first kappa shape index (κ1) is 18.3. The Hall–Kier alpha value is -1.46. The van der Waals surface area contributed by atoms with Gasteiger partial charge in [0.25, 0.3) is 5.92 Å². The molecule has 0 radical (unpaired) electrons. The van der Waals surface area contributed by atoms with Gasteiger partial charge in [-0.3, -0.25) is 0 Å². The number of rotatable bonds is 6. The molecule has 2 nitrogen and oxygen atoms in total. The van der Waals surface area contributed by atoms with Crippen LogP contribution in [0.2, 0.25) is 0 Å². The molecule has 1 aliphatic heterocycles. The molecule has 0 N–H and O–H groups in total. The van der Waals surface area contributed by atoms with Crippen molar-refractivity contribution in [2.45, 2.75) is 31.8 Å². The first-order valence-corrected chi connectivity index (χ1v) is 9.36. The third-order valence-corrected chi connectivity index (χ3v) is 5.16. The third kappa shape index (κ3) is 5.51. The lowest BCUT2D eigenvalue weighted by Gasteiger charge is -2.31. The lowest BCUT2D eigenvalue weighted by atomic mass is 10.1. The van der Waals surface area contributed by atoms with E-state index in [1.54, 1.807) is 0 Å². The van der Waals surface area contributed by atoms with Gasteiger partial charge in [-0.25, -0.2) is 8.78 Å². The smallest absolute Gasteiger partial charge is 0.250 e. The zero-order valence-corrected chi connectivity index (χ0v) is 15.6. The van der Waals surface area contributed by atoms with Crippen LogP contribution < -0.4 is 4.74 Å². The van der Waals surface area contributed by atoms with Gasteiger partial charge in [0.2, 0.25) is 0 Å². The monoisotopic (exact) mass is 409 g/mol. The molecule has 0 aromatic heterocycles. The van der Waals surface area contributed by atoms with Gasteiger partial charge in [-0.2, -0.15) is 0 Å². The molecule has 1 aliphatic rings. The minimum Gasteiger partial charge on any atom is -0.488 e. The maximum Gasteiger partial charge on any atom is 0.250 e. The highest BCUT2D eigenvalue weighted by atomic mass is 79.9. The molecule has 1 heterocycles. The number of piperidine rings is 1. The fourth-order valence-corrected chi connectivity index (χ4v) is 3.48. The highest BCUT2D eigenvalue weighted by molar-refractivity contribution is 9.10. The summed E-state index contributed by atoms with van der Waals surface area (Å²) in [4.78, 5) is 2.12. The SMILES string of the molecule is FC1(F)CCN(CCc2ccc(OCc3ccccc3)c(Br)c2)CC1. The van der Waals surface area contributed by atoms with Gasteiger partial charge in [0.05, 0.1) is 4.47 Å². The minimum atomic E-state index is -2.47. The summed E-state index contributed by atoms with van der Waals surface area (Å²) < 4.78 is 33.2. The molecule has 0 spiro atoms. The van der Waals surface area contributed by atoms with Crippen LogP contribution in [0.25, 0.3) is 0 Å². The Labute approximate surface area is 155 Å². The first-order valence-electron chi connectivity index (χ1n) is 8.57. The number of benzene rings is 2. The van der Waals surface area contributed by atoms with E-state index in [0.29, 0.717) is 19.7 Å². The van der Waals surface area contributed by atoms with E-state index in [1.165, 1.54) is 5.56 Å². The van der Waals surface area contributed by atoms with Crippen LogP contribution in [-0.2, 0) is 13.0 Å². The molecule has 134 valence electrons. The highest BCUT2D eigenvalue weighted by Gasteiger charge is 2.33. The third-order valence-electron chi connectivity index (χ3n) is 4.54. The number of ether oxygens (including phenoxy) is 1. The Bertz CT molecular complexity index is 683. The van der Waals surface area contributed by atoms with Crippen LogP contribution in [0.5, 0.6) is 5.75 Å². The molecule has 2 aromatic rings. The number of halogens is 3. The molecule has 5 heteroatoms. The molecule has 0 amide bonds. The van der Waals surface area contributed by atoms with Gasteiger partial charge in [0, 0.05) is 32.5 Å². The average molecular weight is 410 g/mol. The first-order chi connectivity index (χ1) is 12.0. The van der Waals surface area contributed by atoms with E-state index in [4.69, 9.17) is 4.74 Å². The van der Waals surface area contributed by atoms with E-state index in [-0.39, 0.29) is 12.8 Å². The molecule has 0 saturated carbocycles. The van der Waals surface area contributed by atoms with Gasteiger partial charge in [-0.05, 0) is 45.6 Å². The molecule has 2 aromatic carbocycles. The number of nitrogens with zero attached hydrogens (tertiary/aromatic N) is 1. The summed E-state index contributed by atoms with van der Waals surface area (Å²) in [5.74, 6) is -1.66. The predicted molar refractivity (Wildman–Crippen MR) is 99.2 cm³/mol. The lowest BCUT2D eigenvalue weighted by Crippen LogP contribution is -2.40. The van der Waals surface area contributed by atoms with Crippen molar-refractivity contribution in [2.24, 2.45) is 0 Å². The number of likely N-dealkylation sites (tertiary alicyclic amines) is 1. The predicted octanol–water partition coefficient (Wildman–Crippen LogP) is 5.30. The molecule has 0 atom stereocenters. The summed E-state index contributed by atoms with van der Waals surface area (Å²) >= 11 is 3.56. The summed E-state index contributed by atoms with van der Waals surface area (Å²) in [7, 11) is 0. The van der Waals surface area contributed by atoms with E-state index in [0.717, 1.165) is 28.8 Å². The van der Waals surface area contributed by atoms with Crippen molar-refractivity contribution in [3.63, 3.8) is 0 Å². The second-order valence-electron chi connectivity index (χ2n) is 6.49. The minimum absolute atomic E-state index is 0.0248. The molecule has 0 unspecified atom stereocenters. The summed E-state index contributed by atoms with van der Waals surface area (Å²) in [5, 5.41) is 0. The van der Waals surface area contributed by atoms with Crippen molar-refractivity contribution in [1.29, 1.82) is 0 Å². The topological polar surface area (TPSA) is 12.5 Å². The summed E-state index contributed by atoms with van der Waals surface area (Å²) in [6.07, 6.45) is 0.801. The van der Waals surface area contributed by atoms with Crippen LogP contribution in [-0.4, -0.2) is 30.5 Å². The van der Waals surface area contributed by atoms with Crippen molar-refractivity contribution in [1.82, 2.24) is 4.90 Å². The fourth-order valence-electron chi connectivity index (χ4n) is 2.94. The maximum absolute atomic E-state index is 13.2. The van der Waals surface area contributed by atoms with Gasteiger partial charge in [-0.15, -0.1) is 0 Å². The quantitative estimate of drug-likeness (QED) is 0.641. The van der Waals surface area contributed by atoms with Crippen LogP contribution in [0, 0.1) is 0 Å². The van der Waals surface area contributed by atoms with E-state index < -0.39 is 5.92 Å². The van der Waals surface area contributed by atoms with Gasteiger partial charge >= 0.3 is 0 Å². The van der Waals surface area contributed by atoms with Crippen LogP contribution in [0.15, 0.2) is 53.0 Å². The van der Waals surface area contributed by atoms with Gasteiger partial charge in [0.1, 0.15) is 12.4 Å². The Balaban J connectivity index is 1.50. The summed E-state index contributed by atoms with van der Waals surface area (Å²) in [5.41, 5.74) is 2.30.